The first-order valence-electron chi connectivity index (χ1n) is 10.5. The number of thiazole rings is 1. The van der Waals surface area contributed by atoms with Crippen molar-refractivity contribution in [1.82, 2.24) is 15.2 Å². The molecule has 3 aliphatic heterocycles. The Morgan fingerprint density at radius 3 is 2.75 bits per heavy atom. The zero-order valence-corrected chi connectivity index (χ0v) is 20.3. The van der Waals surface area contributed by atoms with E-state index < -0.39 is 5.91 Å². The second kappa shape index (κ2) is 11.0. The minimum Gasteiger partial charge on any atom is -0.464 e. The van der Waals surface area contributed by atoms with Gasteiger partial charge >= 0.3 is 5.97 Å². The Labute approximate surface area is 195 Å². The first-order chi connectivity index (χ1) is 15.5. The lowest BCUT2D eigenvalue weighted by atomic mass is 10.00. The van der Waals surface area contributed by atoms with Crippen molar-refractivity contribution in [3.63, 3.8) is 0 Å². The van der Waals surface area contributed by atoms with Crippen LogP contribution in [0.3, 0.4) is 0 Å². The van der Waals surface area contributed by atoms with Crippen molar-refractivity contribution in [3.05, 3.63) is 22.3 Å². The Balaban J connectivity index is 0.00000141. The van der Waals surface area contributed by atoms with E-state index in [2.05, 4.69) is 15.5 Å². The van der Waals surface area contributed by atoms with Crippen LogP contribution < -0.4 is 11.1 Å². The highest BCUT2D eigenvalue weighted by Gasteiger charge is 2.48. The molecule has 1 amide bonds. The van der Waals surface area contributed by atoms with Gasteiger partial charge in [0.1, 0.15) is 18.5 Å². The summed E-state index contributed by atoms with van der Waals surface area (Å²) in [5.41, 5.74) is 7.64. The number of methoxy groups -OCH3 is 1. The van der Waals surface area contributed by atoms with E-state index in [-0.39, 0.29) is 29.2 Å². The van der Waals surface area contributed by atoms with Gasteiger partial charge in [0, 0.05) is 24.3 Å². The van der Waals surface area contributed by atoms with Crippen LogP contribution in [0.15, 0.2) is 21.8 Å². The van der Waals surface area contributed by atoms with E-state index in [1.165, 1.54) is 25.6 Å². The zero-order valence-electron chi connectivity index (χ0n) is 18.6. The van der Waals surface area contributed by atoms with Gasteiger partial charge in [-0.1, -0.05) is 19.0 Å². The van der Waals surface area contributed by atoms with Crippen molar-refractivity contribution >= 4 is 45.8 Å². The molecule has 1 aromatic rings. The molecule has 32 heavy (non-hydrogen) atoms. The summed E-state index contributed by atoms with van der Waals surface area (Å²) in [7, 11) is 2.75. The SMILES string of the molecule is CC.CO/N=C(\C(=O)NC1CN2C(C(=O)OC)=C(C3CCCO3)CSC12)c1csc(N)n1. The molecule has 0 spiro atoms. The van der Waals surface area contributed by atoms with Crippen molar-refractivity contribution < 1.29 is 23.9 Å². The van der Waals surface area contributed by atoms with Crippen LogP contribution in [0.4, 0.5) is 5.13 Å². The van der Waals surface area contributed by atoms with Crippen LogP contribution in [-0.4, -0.2) is 78.1 Å². The largest absolute Gasteiger partial charge is 0.464 e. The Morgan fingerprint density at radius 1 is 1.38 bits per heavy atom. The predicted octanol–water partition coefficient (Wildman–Crippen LogP) is 1.58. The number of nitrogens with two attached hydrogens (primary N) is 1. The van der Waals surface area contributed by atoms with Gasteiger partial charge in [0.2, 0.25) is 0 Å². The maximum Gasteiger partial charge on any atom is 0.354 e. The fraction of sp³-hybridized carbons (Fsp3) is 0.600. The van der Waals surface area contributed by atoms with Crippen LogP contribution in [0.25, 0.3) is 0 Å². The molecular weight excluding hydrogens is 454 g/mol. The summed E-state index contributed by atoms with van der Waals surface area (Å²) in [6.07, 6.45) is 1.85. The van der Waals surface area contributed by atoms with E-state index in [1.54, 1.807) is 17.1 Å². The summed E-state index contributed by atoms with van der Waals surface area (Å²) in [6, 6.07) is -0.161. The first kappa shape index (κ1) is 24.3. The van der Waals surface area contributed by atoms with Crippen LogP contribution in [0.2, 0.25) is 0 Å². The first-order valence-corrected chi connectivity index (χ1v) is 12.4. The Bertz CT molecular complexity index is 897. The van der Waals surface area contributed by atoms with Crippen molar-refractivity contribution in [1.29, 1.82) is 0 Å². The molecule has 0 aliphatic carbocycles. The number of esters is 1. The molecule has 4 heterocycles. The summed E-state index contributed by atoms with van der Waals surface area (Å²) < 4.78 is 10.8. The number of anilines is 1. The lowest BCUT2D eigenvalue weighted by Gasteiger charge is -2.52. The standard InChI is InChI=1S/C18H23N5O5S2.C2H6/c1-26-17(25)14-9(12-4-3-5-28-12)7-29-16-10(6-23(14)16)20-15(24)13(22-27-2)11-8-30-18(19)21-11;1-2/h8,10,12,16H,3-7H2,1-2H3,(H2,19,21)(H,20,24);1-2H3/b22-13-;. The molecule has 1 aromatic heterocycles. The number of hydrogen-bond acceptors (Lipinski definition) is 11. The minimum absolute atomic E-state index is 0.0447. The minimum atomic E-state index is -0.402. The number of nitrogens with one attached hydrogen (secondary N) is 1. The molecular formula is C20H29N5O5S2. The molecule has 176 valence electrons. The average Bonchev–Trinajstić information content (AvgIpc) is 3.48. The Kier molecular flexibility index (Phi) is 8.38. The van der Waals surface area contributed by atoms with Crippen molar-refractivity contribution in [2.45, 2.75) is 44.2 Å². The monoisotopic (exact) mass is 483 g/mol. The number of thioether (sulfide) groups is 1. The second-order valence-electron chi connectivity index (χ2n) is 6.99. The molecule has 2 fully saturated rings. The number of fused-ring (bicyclic) bond motifs is 1. The van der Waals surface area contributed by atoms with Crippen LogP contribution in [-0.2, 0) is 23.9 Å². The average molecular weight is 484 g/mol. The second-order valence-corrected chi connectivity index (χ2v) is 8.99. The van der Waals surface area contributed by atoms with Gasteiger partial charge in [0.05, 0.1) is 24.6 Å². The van der Waals surface area contributed by atoms with Crippen molar-refractivity contribution in [3.8, 4) is 0 Å². The van der Waals surface area contributed by atoms with E-state index in [1.807, 2.05) is 18.7 Å². The van der Waals surface area contributed by atoms with Gasteiger partial charge in [0.15, 0.2) is 10.8 Å². The maximum absolute atomic E-state index is 12.8. The van der Waals surface area contributed by atoms with E-state index in [4.69, 9.17) is 20.0 Å². The third-order valence-corrected chi connectivity index (χ3v) is 7.30. The highest BCUT2D eigenvalue weighted by molar-refractivity contribution is 8.00. The fourth-order valence-electron chi connectivity index (χ4n) is 3.83. The number of amides is 1. The van der Waals surface area contributed by atoms with Crippen molar-refractivity contribution in [2.75, 3.05) is 38.9 Å². The van der Waals surface area contributed by atoms with Crippen LogP contribution in [0.5, 0.6) is 0 Å². The number of nitrogen functional groups attached to an aromatic ring is 1. The normalized spacial score (nSPS) is 24.7. The molecule has 12 heteroatoms. The number of hydrogen-bond donors (Lipinski definition) is 2. The maximum atomic E-state index is 12.8. The third-order valence-electron chi connectivity index (χ3n) is 5.22. The summed E-state index contributed by atoms with van der Waals surface area (Å²) in [5.74, 6) is -0.111. The van der Waals surface area contributed by atoms with Crippen LogP contribution >= 0.6 is 23.1 Å². The Morgan fingerprint density at radius 2 is 2.16 bits per heavy atom. The zero-order chi connectivity index (χ0) is 23.3. The molecule has 4 rings (SSSR count). The van der Waals surface area contributed by atoms with E-state index in [9.17, 15) is 9.59 Å². The van der Waals surface area contributed by atoms with E-state index in [0.717, 1.165) is 18.4 Å². The van der Waals surface area contributed by atoms with Gasteiger partial charge < -0.3 is 30.3 Å². The number of nitrogens with zero attached hydrogens (tertiary/aromatic N) is 3. The molecule has 2 saturated heterocycles. The number of ether oxygens (including phenoxy) is 2. The van der Waals surface area contributed by atoms with Gasteiger partial charge in [-0.25, -0.2) is 9.78 Å². The number of carbonyl (C=O) groups is 2. The molecule has 3 aliphatic rings. The van der Waals surface area contributed by atoms with Gasteiger partial charge in [0.25, 0.3) is 5.91 Å². The molecule has 0 radical (unpaired) electrons. The Hall–Kier alpha value is -2.31. The smallest absolute Gasteiger partial charge is 0.354 e. The van der Waals surface area contributed by atoms with Gasteiger partial charge in [-0.3, -0.25) is 4.79 Å². The van der Waals surface area contributed by atoms with Crippen LogP contribution in [0.1, 0.15) is 32.4 Å². The highest BCUT2D eigenvalue weighted by atomic mass is 32.2. The summed E-state index contributed by atoms with van der Waals surface area (Å²) in [6.45, 7) is 5.20. The fourth-order valence-corrected chi connectivity index (χ4v) is 5.81. The van der Waals surface area contributed by atoms with Crippen LogP contribution in [0, 0.1) is 0 Å². The molecule has 10 nitrogen and oxygen atoms in total. The van der Waals surface area contributed by atoms with Crippen molar-refractivity contribution in [2.24, 2.45) is 5.16 Å². The lowest BCUT2D eigenvalue weighted by molar-refractivity contribution is -0.139. The van der Waals surface area contributed by atoms with Gasteiger partial charge in [-0.05, 0) is 18.4 Å². The molecule has 0 bridgehead atoms. The highest BCUT2D eigenvalue weighted by Crippen LogP contribution is 2.42. The lowest BCUT2D eigenvalue weighted by Crippen LogP contribution is -2.67. The number of rotatable bonds is 6. The molecule has 3 unspecified atom stereocenters. The predicted molar refractivity (Wildman–Crippen MR) is 124 cm³/mol. The van der Waals surface area contributed by atoms with Gasteiger partial charge in [-0.15, -0.1) is 23.1 Å². The third kappa shape index (κ3) is 4.86. The number of aromatic nitrogens is 1. The van der Waals surface area contributed by atoms with E-state index >= 15 is 0 Å². The number of oxime groups is 1. The molecule has 0 aromatic carbocycles. The molecule has 0 saturated carbocycles. The molecule has 3 atom stereocenters. The topological polar surface area (TPSA) is 128 Å². The molecule has 3 N–H and O–H groups in total. The summed E-state index contributed by atoms with van der Waals surface area (Å²) >= 11 is 2.90. The van der Waals surface area contributed by atoms with E-state index in [0.29, 0.717) is 35.4 Å². The summed E-state index contributed by atoms with van der Waals surface area (Å²) in [5, 5.41) is 8.72. The number of carbonyl (C=O) groups excluding carboxylic acids is 2. The quantitative estimate of drug-likeness (QED) is 0.352. The summed E-state index contributed by atoms with van der Waals surface area (Å²) in [4.78, 5) is 36.2. The van der Waals surface area contributed by atoms with Gasteiger partial charge in [-0.2, -0.15) is 0 Å².